The molecule has 0 bridgehead atoms. The maximum Gasteiger partial charge on any atom is 0.258 e. The number of amides is 1. The minimum atomic E-state index is 0.00397. The highest BCUT2D eigenvalue weighted by Crippen LogP contribution is 2.43. The van der Waals surface area contributed by atoms with Gasteiger partial charge in [0.05, 0.1) is 0 Å². The van der Waals surface area contributed by atoms with Crippen molar-refractivity contribution in [1.82, 2.24) is 0 Å². The molecule has 2 aromatic carbocycles. The van der Waals surface area contributed by atoms with Crippen LogP contribution < -0.4 is 4.90 Å². The molecule has 0 saturated heterocycles. The highest BCUT2D eigenvalue weighted by molar-refractivity contribution is 6.06. The van der Waals surface area contributed by atoms with Crippen molar-refractivity contribution in [1.29, 1.82) is 0 Å². The van der Waals surface area contributed by atoms with Gasteiger partial charge < -0.3 is 10.0 Å². The summed E-state index contributed by atoms with van der Waals surface area (Å²) in [6, 6.07) is 14.8. The first-order chi connectivity index (χ1) is 12.2. The molecule has 3 nitrogen and oxygen atoms in total. The number of phenols is 1. The van der Waals surface area contributed by atoms with Gasteiger partial charge in [0.2, 0.25) is 0 Å². The van der Waals surface area contributed by atoms with E-state index in [1.807, 2.05) is 11.0 Å². The van der Waals surface area contributed by atoms with Gasteiger partial charge >= 0.3 is 0 Å². The molecule has 0 saturated carbocycles. The van der Waals surface area contributed by atoms with E-state index in [1.54, 1.807) is 24.3 Å². The molecule has 1 unspecified atom stereocenters. The Kier molecular flexibility index (Phi) is 4.08. The number of nitrogens with zero attached hydrogens (tertiary/aromatic N) is 1. The van der Waals surface area contributed by atoms with Crippen LogP contribution in [0.5, 0.6) is 5.75 Å². The van der Waals surface area contributed by atoms with Gasteiger partial charge in [0.1, 0.15) is 5.75 Å². The lowest BCUT2D eigenvalue weighted by Crippen LogP contribution is -2.33. The maximum atomic E-state index is 13.1. The quantitative estimate of drug-likeness (QED) is 0.768. The van der Waals surface area contributed by atoms with Crippen molar-refractivity contribution in [3.05, 3.63) is 71.8 Å². The van der Waals surface area contributed by atoms with E-state index in [-0.39, 0.29) is 17.1 Å². The molecule has 1 heterocycles. The minimum Gasteiger partial charge on any atom is -0.508 e. The number of rotatable bonds is 1. The summed E-state index contributed by atoms with van der Waals surface area (Å²) in [5.74, 6) is 0.184. The van der Waals surface area contributed by atoms with Crippen LogP contribution in [-0.2, 0) is 6.42 Å². The fourth-order valence-electron chi connectivity index (χ4n) is 4.16. The predicted molar refractivity (Wildman–Crippen MR) is 100.0 cm³/mol. The van der Waals surface area contributed by atoms with Gasteiger partial charge in [0.15, 0.2) is 0 Å². The summed E-state index contributed by atoms with van der Waals surface area (Å²) >= 11 is 0. The lowest BCUT2D eigenvalue weighted by atomic mass is 9.72. The van der Waals surface area contributed by atoms with E-state index in [0.29, 0.717) is 5.56 Å². The second-order valence-corrected chi connectivity index (χ2v) is 7.22. The van der Waals surface area contributed by atoms with Crippen LogP contribution in [0.3, 0.4) is 0 Å². The van der Waals surface area contributed by atoms with Crippen LogP contribution in [0, 0.1) is 5.41 Å². The number of benzene rings is 2. The van der Waals surface area contributed by atoms with Crippen LogP contribution in [0.15, 0.2) is 60.7 Å². The molecular weight excluding hydrogens is 310 g/mol. The van der Waals surface area contributed by atoms with Gasteiger partial charge in [-0.2, -0.15) is 0 Å². The molecule has 128 valence electrons. The van der Waals surface area contributed by atoms with Crippen LogP contribution in [0.1, 0.15) is 41.6 Å². The first-order valence-electron chi connectivity index (χ1n) is 9.03. The molecule has 1 N–H and O–H groups in total. The van der Waals surface area contributed by atoms with E-state index >= 15 is 0 Å². The zero-order chi connectivity index (χ0) is 17.3. The average molecular weight is 333 g/mol. The smallest absolute Gasteiger partial charge is 0.258 e. The number of aromatic hydroxyl groups is 1. The summed E-state index contributed by atoms with van der Waals surface area (Å²) in [7, 11) is 0. The van der Waals surface area contributed by atoms with Crippen molar-refractivity contribution in [3.63, 3.8) is 0 Å². The number of hydrogen-bond acceptors (Lipinski definition) is 2. The van der Waals surface area contributed by atoms with Crippen molar-refractivity contribution in [3.8, 4) is 5.75 Å². The topological polar surface area (TPSA) is 40.5 Å². The molecule has 25 heavy (non-hydrogen) atoms. The van der Waals surface area contributed by atoms with E-state index in [2.05, 4.69) is 30.4 Å². The zero-order valence-electron chi connectivity index (χ0n) is 14.3. The van der Waals surface area contributed by atoms with Gasteiger partial charge in [-0.15, -0.1) is 0 Å². The molecule has 0 fully saturated rings. The zero-order valence-corrected chi connectivity index (χ0v) is 14.3. The highest BCUT2D eigenvalue weighted by atomic mass is 16.3. The molecule has 1 spiro atoms. The number of hydrogen-bond donors (Lipinski definition) is 1. The normalized spacial score (nSPS) is 22.5. The Labute approximate surface area is 148 Å². The molecule has 0 radical (unpaired) electrons. The van der Waals surface area contributed by atoms with Crippen LogP contribution in [-0.4, -0.2) is 17.6 Å². The molecule has 0 aromatic heterocycles. The number of carbonyl (C=O) groups is 1. The van der Waals surface area contributed by atoms with Gasteiger partial charge in [0.25, 0.3) is 5.91 Å². The first kappa shape index (κ1) is 15.9. The molecule has 3 heteroatoms. The molecule has 1 aliphatic carbocycles. The Balaban J connectivity index is 1.71. The minimum absolute atomic E-state index is 0.00397. The second-order valence-electron chi connectivity index (χ2n) is 7.22. The average Bonchev–Trinajstić information content (AvgIpc) is 2.79. The van der Waals surface area contributed by atoms with Gasteiger partial charge in [-0.25, -0.2) is 0 Å². The number of fused-ring (bicyclic) bond motifs is 1. The lowest BCUT2D eigenvalue weighted by Gasteiger charge is -2.32. The van der Waals surface area contributed by atoms with E-state index < -0.39 is 0 Å². The highest BCUT2D eigenvalue weighted by Gasteiger charge is 2.35. The molecule has 2 aromatic rings. The van der Waals surface area contributed by atoms with E-state index in [4.69, 9.17) is 0 Å². The number of phenolic OH excluding ortho intramolecular Hbond substituents is 1. The third kappa shape index (κ3) is 3.07. The van der Waals surface area contributed by atoms with Crippen LogP contribution in [0.2, 0.25) is 0 Å². The number of anilines is 1. The van der Waals surface area contributed by atoms with Gasteiger partial charge in [-0.1, -0.05) is 30.4 Å². The van der Waals surface area contributed by atoms with Gasteiger partial charge in [0, 0.05) is 17.8 Å². The fourth-order valence-corrected chi connectivity index (χ4v) is 4.16. The van der Waals surface area contributed by atoms with Gasteiger partial charge in [-0.3, -0.25) is 4.79 Å². The number of carbonyl (C=O) groups excluding carboxylic acids is 1. The molecule has 1 aliphatic heterocycles. The van der Waals surface area contributed by atoms with E-state index in [1.165, 1.54) is 24.8 Å². The molecule has 1 amide bonds. The van der Waals surface area contributed by atoms with E-state index in [9.17, 15) is 9.90 Å². The van der Waals surface area contributed by atoms with E-state index in [0.717, 1.165) is 25.1 Å². The summed E-state index contributed by atoms with van der Waals surface area (Å²) in [6.07, 6.45) is 10.3. The monoisotopic (exact) mass is 333 g/mol. The lowest BCUT2D eigenvalue weighted by molar-refractivity contribution is 0.0985. The fraction of sp³-hybridized carbons (Fsp3) is 0.318. The van der Waals surface area contributed by atoms with Crippen molar-refractivity contribution >= 4 is 11.6 Å². The first-order valence-corrected chi connectivity index (χ1v) is 9.03. The Bertz CT molecular complexity index is 809. The molecule has 1 atom stereocenters. The summed E-state index contributed by atoms with van der Waals surface area (Å²) in [5.41, 5.74) is 3.07. The van der Waals surface area contributed by atoms with Crippen molar-refractivity contribution in [2.75, 3.05) is 11.4 Å². The predicted octanol–water partition coefficient (Wildman–Crippen LogP) is 4.71. The maximum absolute atomic E-state index is 13.1. The summed E-state index contributed by atoms with van der Waals surface area (Å²) in [5, 5.41) is 9.49. The van der Waals surface area contributed by atoms with Gasteiger partial charge in [-0.05, 0) is 73.4 Å². The SMILES string of the molecule is O=C(c1ccc(O)cc1)N1CCC2(C=CCCC2)Cc2ccccc21. The third-order valence-corrected chi connectivity index (χ3v) is 5.53. The Morgan fingerprint density at radius 1 is 1.04 bits per heavy atom. The standard InChI is InChI=1S/C22H23NO2/c24-19-10-8-17(9-11-19)21(25)23-15-14-22(12-4-1-5-13-22)16-18-6-2-3-7-20(18)23/h2-4,6-12,24H,1,5,13-16H2. The third-order valence-electron chi connectivity index (χ3n) is 5.53. The largest absolute Gasteiger partial charge is 0.508 e. The summed E-state index contributed by atoms with van der Waals surface area (Å²) < 4.78 is 0. The molecule has 2 aliphatic rings. The Morgan fingerprint density at radius 3 is 2.60 bits per heavy atom. The second kappa shape index (κ2) is 6.40. The van der Waals surface area contributed by atoms with Crippen LogP contribution >= 0.6 is 0 Å². The van der Waals surface area contributed by atoms with Crippen molar-refractivity contribution in [2.24, 2.45) is 5.41 Å². The summed E-state index contributed by atoms with van der Waals surface area (Å²) in [4.78, 5) is 15.0. The molecule has 4 rings (SSSR count). The number of allylic oxidation sites excluding steroid dienone is 2. The van der Waals surface area contributed by atoms with Crippen LogP contribution in [0.4, 0.5) is 5.69 Å². The van der Waals surface area contributed by atoms with Crippen LogP contribution in [0.25, 0.3) is 0 Å². The number of para-hydroxylation sites is 1. The Morgan fingerprint density at radius 2 is 1.84 bits per heavy atom. The van der Waals surface area contributed by atoms with Crippen molar-refractivity contribution < 1.29 is 9.90 Å². The molecular formula is C22H23NO2. The van der Waals surface area contributed by atoms with Crippen molar-refractivity contribution in [2.45, 2.75) is 32.1 Å². The Hall–Kier alpha value is -2.55. The summed E-state index contributed by atoms with van der Waals surface area (Å²) in [6.45, 7) is 0.723.